The Morgan fingerprint density at radius 1 is 1.00 bits per heavy atom. The zero-order chi connectivity index (χ0) is 24.8. The molecular weight excluding hydrogens is 443 g/mol. The van der Waals surface area contributed by atoms with Crippen molar-refractivity contribution >= 4 is 23.2 Å². The summed E-state index contributed by atoms with van der Waals surface area (Å²) in [4.78, 5) is 31.6. The van der Waals surface area contributed by atoms with Crippen molar-refractivity contribution in [1.29, 1.82) is 0 Å². The van der Waals surface area contributed by atoms with E-state index in [4.69, 9.17) is 0 Å². The second-order valence-electron chi connectivity index (χ2n) is 9.61. The van der Waals surface area contributed by atoms with E-state index in [1.165, 1.54) is 0 Å². The number of amides is 2. The van der Waals surface area contributed by atoms with Crippen molar-refractivity contribution in [2.45, 2.75) is 52.4 Å². The second kappa shape index (κ2) is 8.73. The van der Waals surface area contributed by atoms with E-state index in [0.29, 0.717) is 24.5 Å². The molecular formula is C26H30F3N3O2. The summed E-state index contributed by atoms with van der Waals surface area (Å²) >= 11 is 0. The van der Waals surface area contributed by atoms with Gasteiger partial charge in [0, 0.05) is 26.2 Å². The third-order valence-corrected chi connectivity index (χ3v) is 7.00. The molecule has 2 aliphatic rings. The molecule has 8 heteroatoms. The molecule has 0 N–H and O–H groups in total. The van der Waals surface area contributed by atoms with Gasteiger partial charge in [0.1, 0.15) is 5.41 Å². The van der Waals surface area contributed by atoms with Crippen LogP contribution in [0.2, 0.25) is 0 Å². The third kappa shape index (κ3) is 4.19. The first-order valence-electron chi connectivity index (χ1n) is 11.6. The van der Waals surface area contributed by atoms with Crippen molar-refractivity contribution in [2.75, 3.05) is 29.9 Å². The number of anilines is 2. The quantitative estimate of drug-likeness (QED) is 0.559. The molecule has 0 saturated carbocycles. The minimum Gasteiger partial charge on any atom is -0.313 e. The first-order chi connectivity index (χ1) is 15.9. The molecule has 34 heavy (non-hydrogen) atoms. The predicted molar refractivity (Wildman–Crippen MR) is 125 cm³/mol. The van der Waals surface area contributed by atoms with E-state index in [1.807, 2.05) is 25.1 Å². The van der Waals surface area contributed by atoms with E-state index >= 15 is 0 Å². The van der Waals surface area contributed by atoms with Gasteiger partial charge in [-0.1, -0.05) is 18.2 Å². The lowest BCUT2D eigenvalue weighted by atomic mass is 9.90. The number of alkyl halides is 3. The van der Waals surface area contributed by atoms with Crippen molar-refractivity contribution in [3.63, 3.8) is 0 Å². The van der Waals surface area contributed by atoms with Gasteiger partial charge in [-0.3, -0.25) is 14.5 Å². The fourth-order valence-electron chi connectivity index (χ4n) is 5.07. The predicted octanol–water partition coefficient (Wildman–Crippen LogP) is 5.40. The largest absolute Gasteiger partial charge is 0.416 e. The van der Waals surface area contributed by atoms with Crippen LogP contribution in [0.25, 0.3) is 0 Å². The molecule has 1 atom stereocenters. The van der Waals surface area contributed by atoms with Gasteiger partial charge in [-0.2, -0.15) is 13.2 Å². The minimum atomic E-state index is -4.35. The molecule has 0 bridgehead atoms. The fraction of sp³-hybridized carbons (Fsp3) is 0.462. The molecule has 2 amide bonds. The van der Waals surface area contributed by atoms with Gasteiger partial charge in [0.05, 0.1) is 16.9 Å². The number of hydrogen-bond donors (Lipinski definition) is 0. The summed E-state index contributed by atoms with van der Waals surface area (Å²) in [5.74, 6) is -0.476. The SMILES string of the molecule is CCN1C(=O)C(C)(C)C(=O)N(C)c2cc(CN3CCCC3c3ccc(C(F)(F)F)cc3)ccc21. The van der Waals surface area contributed by atoms with Gasteiger partial charge in [-0.05, 0) is 75.5 Å². The van der Waals surface area contributed by atoms with E-state index in [1.54, 1.807) is 42.8 Å². The number of nitrogens with zero attached hydrogens (tertiary/aromatic N) is 3. The lowest BCUT2D eigenvalue weighted by Crippen LogP contribution is -2.47. The number of fused-ring (bicyclic) bond motifs is 1. The average molecular weight is 474 g/mol. The van der Waals surface area contributed by atoms with Crippen molar-refractivity contribution in [2.24, 2.45) is 5.41 Å². The highest BCUT2D eigenvalue weighted by Gasteiger charge is 2.45. The first-order valence-corrected chi connectivity index (χ1v) is 11.6. The molecule has 182 valence electrons. The molecule has 2 aromatic carbocycles. The maximum absolute atomic E-state index is 13.1. The molecule has 0 spiro atoms. The number of benzene rings is 2. The number of halogens is 3. The molecule has 1 saturated heterocycles. The van der Waals surface area contributed by atoms with Gasteiger partial charge in [-0.15, -0.1) is 0 Å². The second-order valence-corrected chi connectivity index (χ2v) is 9.61. The Bertz CT molecular complexity index is 1100. The zero-order valence-electron chi connectivity index (χ0n) is 19.9. The van der Waals surface area contributed by atoms with E-state index in [9.17, 15) is 22.8 Å². The lowest BCUT2D eigenvalue weighted by Gasteiger charge is -2.27. The van der Waals surface area contributed by atoms with Gasteiger partial charge >= 0.3 is 6.18 Å². The van der Waals surface area contributed by atoms with E-state index in [-0.39, 0.29) is 17.9 Å². The van der Waals surface area contributed by atoms with Crippen molar-refractivity contribution in [1.82, 2.24) is 4.90 Å². The Morgan fingerprint density at radius 2 is 1.68 bits per heavy atom. The van der Waals surface area contributed by atoms with Gasteiger partial charge in [0.15, 0.2) is 0 Å². The average Bonchev–Trinajstić information content (AvgIpc) is 3.24. The van der Waals surface area contributed by atoms with Gasteiger partial charge in [0.25, 0.3) is 0 Å². The molecule has 1 fully saturated rings. The standard InChI is InChI=1S/C26H30F3N3O2/c1-5-32-21-13-8-17(15-22(21)30(4)23(33)25(2,3)24(32)34)16-31-14-6-7-20(31)18-9-11-19(12-10-18)26(27,28)29/h8-13,15,20H,5-7,14,16H2,1-4H3. The van der Waals surface area contributed by atoms with Gasteiger partial charge < -0.3 is 9.80 Å². The third-order valence-electron chi connectivity index (χ3n) is 7.00. The van der Waals surface area contributed by atoms with Gasteiger partial charge in [-0.25, -0.2) is 0 Å². The van der Waals surface area contributed by atoms with Crippen LogP contribution in [0.15, 0.2) is 42.5 Å². The Morgan fingerprint density at radius 3 is 2.29 bits per heavy atom. The summed E-state index contributed by atoms with van der Waals surface area (Å²) in [7, 11) is 1.69. The van der Waals surface area contributed by atoms with E-state index in [2.05, 4.69) is 4.90 Å². The Balaban J connectivity index is 1.61. The topological polar surface area (TPSA) is 43.9 Å². The van der Waals surface area contributed by atoms with Crippen LogP contribution < -0.4 is 9.80 Å². The number of carbonyl (C=O) groups is 2. The summed E-state index contributed by atoms with van der Waals surface area (Å²) in [6, 6.07) is 11.3. The monoisotopic (exact) mass is 473 g/mol. The molecule has 2 aliphatic heterocycles. The number of hydrogen-bond acceptors (Lipinski definition) is 3. The van der Waals surface area contributed by atoms with E-state index < -0.39 is 17.2 Å². The highest BCUT2D eigenvalue weighted by molar-refractivity contribution is 6.19. The van der Waals surface area contributed by atoms with Crippen LogP contribution in [0.1, 0.15) is 56.3 Å². The maximum atomic E-state index is 13.1. The normalized spacial score (nSPS) is 21.1. The summed E-state index contributed by atoms with van der Waals surface area (Å²) in [5, 5.41) is 0. The molecule has 0 aromatic heterocycles. The Hall–Kier alpha value is -2.87. The molecule has 4 rings (SSSR count). The maximum Gasteiger partial charge on any atom is 0.416 e. The Kier molecular flexibility index (Phi) is 6.23. The molecule has 5 nitrogen and oxygen atoms in total. The summed E-state index contributed by atoms with van der Waals surface area (Å²) in [6.45, 7) is 7.10. The van der Waals surface area contributed by atoms with Crippen LogP contribution in [-0.4, -0.2) is 36.9 Å². The van der Waals surface area contributed by atoms with Crippen LogP contribution in [-0.2, 0) is 22.3 Å². The van der Waals surface area contributed by atoms with Crippen LogP contribution in [0.3, 0.4) is 0 Å². The van der Waals surface area contributed by atoms with Crippen molar-refractivity contribution in [3.8, 4) is 0 Å². The molecule has 0 radical (unpaired) electrons. The van der Waals surface area contributed by atoms with Crippen LogP contribution in [0, 0.1) is 5.41 Å². The summed E-state index contributed by atoms with van der Waals surface area (Å²) in [6.07, 6.45) is -2.51. The smallest absolute Gasteiger partial charge is 0.313 e. The molecule has 2 aromatic rings. The minimum absolute atomic E-state index is 0.0353. The highest BCUT2D eigenvalue weighted by Crippen LogP contribution is 2.40. The number of rotatable bonds is 4. The Labute approximate surface area is 198 Å². The van der Waals surface area contributed by atoms with Crippen molar-refractivity contribution < 1.29 is 22.8 Å². The molecule has 2 heterocycles. The lowest BCUT2D eigenvalue weighted by molar-refractivity contribution is -0.138. The zero-order valence-corrected chi connectivity index (χ0v) is 19.9. The van der Waals surface area contributed by atoms with Gasteiger partial charge in [0.2, 0.25) is 11.8 Å². The van der Waals surface area contributed by atoms with Crippen molar-refractivity contribution in [3.05, 3.63) is 59.2 Å². The highest BCUT2D eigenvalue weighted by atomic mass is 19.4. The molecule has 0 aliphatic carbocycles. The molecule has 1 unspecified atom stereocenters. The number of carbonyl (C=O) groups excluding carboxylic acids is 2. The summed E-state index contributed by atoms with van der Waals surface area (Å²) in [5.41, 5.74) is 1.45. The first kappa shape index (κ1) is 24.3. The van der Waals surface area contributed by atoms with Crippen LogP contribution >= 0.6 is 0 Å². The van der Waals surface area contributed by atoms with Crippen LogP contribution in [0.5, 0.6) is 0 Å². The summed E-state index contributed by atoms with van der Waals surface area (Å²) < 4.78 is 38.8. The van der Waals surface area contributed by atoms with E-state index in [0.717, 1.165) is 42.6 Å². The number of likely N-dealkylation sites (tertiary alicyclic amines) is 1. The van der Waals surface area contributed by atoms with Crippen LogP contribution in [0.4, 0.5) is 24.5 Å². The fourth-order valence-corrected chi connectivity index (χ4v) is 5.07.